The number of hydroxylamine groups is 1. The highest BCUT2D eigenvalue weighted by atomic mass is 16.8. The molecule has 0 aliphatic heterocycles. The van der Waals surface area contributed by atoms with Gasteiger partial charge in [-0.05, 0) is 12.1 Å². The van der Waals surface area contributed by atoms with Gasteiger partial charge in [-0.1, -0.05) is 18.2 Å². The van der Waals surface area contributed by atoms with E-state index in [0.717, 1.165) is 6.92 Å². The van der Waals surface area contributed by atoms with Gasteiger partial charge in [0.1, 0.15) is 0 Å². The summed E-state index contributed by atoms with van der Waals surface area (Å²) in [5.41, 5.74) is 2.27. The van der Waals surface area contributed by atoms with Crippen molar-refractivity contribution in [1.29, 1.82) is 0 Å². The Balaban J connectivity index is 2.52. The number of amides is 1. The molecule has 0 fully saturated rings. The van der Waals surface area contributed by atoms with Crippen LogP contribution >= 0.6 is 0 Å². The maximum atomic E-state index is 11.2. The van der Waals surface area contributed by atoms with Crippen molar-refractivity contribution in [2.75, 3.05) is 0 Å². The smallest absolute Gasteiger partial charge is 0.297 e. The quantitative estimate of drug-likeness (QED) is 0.471. The van der Waals surface area contributed by atoms with Crippen LogP contribution in [0.3, 0.4) is 0 Å². The van der Waals surface area contributed by atoms with E-state index in [0.29, 0.717) is 5.56 Å². The fourth-order valence-electron chi connectivity index (χ4n) is 0.791. The molecule has 0 radical (unpaired) electrons. The molecule has 3 N–H and O–H groups in total. The summed E-state index contributed by atoms with van der Waals surface area (Å²) in [5.74, 6) is -2.91. The summed E-state index contributed by atoms with van der Waals surface area (Å²) in [6, 6.07) is 8.29. The van der Waals surface area contributed by atoms with Gasteiger partial charge in [0.05, 0.1) is 0 Å². The average Bonchev–Trinajstić information content (AvgIpc) is 2.14. The molecule has 1 aromatic carbocycles. The molecular weight excluding hydrogens is 186 g/mol. The van der Waals surface area contributed by atoms with Gasteiger partial charge in [0.2, 0.25) is 0 Å². The fourth-order valence-corrected chi connectivity index (χ4v) is 0.791. The summed E-state index contributed by atoms with van der Waals surface area (Å²) in [5, 5.41) is 17.5. The average molecular weight is 197 g/mol. The van der Waals surface area contributed by atoms with Crippen LogP contribution in [-0.2, 0) is 4.84 Å². The predicted molar refractivity (Wildman–Crippen MR) is 47.8 cm³/mol. The Morgan fingerprint density at radius 3 is 2.43 bits per heavy atom. The molecule has 1 amide bonds. The Morgan fingerprint density at radius 1 is 1.36 bits per heavy atom. The van der Waals surface area contributed by atoms with Crippen LogP contribution in [0.2, 0.25) is 0 Å². The third kappa shape index (κ3) is 3.53. The summed E-state index contributed by atoms with van der Waals surface area (Å²) in [6.07, 6.45) is 0. The largest absolute Gasteiger partial charge is 0.342 e. The first-order valence-electron chi connectivity index (χ1n) is 3.97. The lowest BCUT2D eigenvalue weighted by atomic mass is 10.2. The molecule has 0 unspecified atom stereocenters. The minimum atomic E-state index is -2.37. The number of aliphatic hydroxyl groups is 2. The Hall–Kier alpha value is -1.43. The third-order valence-corrected chi connectivity index (χ3v) is 1.37. The van der Waals surface area contributed by atoms with E-state index in [1.165, 1.54) is 0 Å². The fraction of sp³-hybridized carbons (Fsp3) is 0.222. The van der Waals surface area contributed by atoms with Crippen molar-refractivity contribution in [3.8, 4) is 0 Å². The molecule has 1 rings (SSSR count). The Kier molecular flexibility index (Phi) is 3.19. The molecule has 5 heteroatoms. The molecule has 0 spiro atoms. The van der Waals surface area contributed by atoms with Gasteiger partial charge in [-0.15, -0.1) is 0 Å². The Labute approximate surface area is 80.9 Å². The van der Waals surface area contributed by atoms with E-state index in [1.807, 2.05) is 5.48 Å². The normalized spacial score (nSPS) is 11.1. The van der Waals surface area contributed by atoms with Crippen molar-refractivity contribution in [2.45, 2.75) is 12.9 Å². The van der Waals surface area contributed by atoms with Crippen LogP contribution in [0.15, 0.2) is 30.3 Å². The summed E-state index contributed by atoms with van der Waals surface area (Å²) in [4.78, 5) is 15.5. The molecular formula is C9H11NO4. The van der Waals surface area contributed by atoms with E-state index in [1.54, 1.807) is 30.3 Å². The van der Waals surface area contributed by atoms with Gasteiger partial charge in [0.15, 0.2) is 0 Å². The zero-order chi connectivity index (χ0) is 10.6. The molecule has 0 saturated carbocycles. The lowest BCUT2D eigenvalue weighted by Gasteiger charge is -2.15. The van der Waals surface area contributed by atoms with Crippen LogP contribution in [0.4, 0.5) is 0 Å². The second kappa shape index (κ2) is 4.19. The van der Waals surface area contributed by atoms with Crippen molar-refractivity contribution < 1.29 is 19.8 Å². The van der Waals surface area contributed by atoms with Crippen LogP contribution in [0, 0.1) is 0 Å². The molecule has 0 aliphatic rings. The molecule has 5 nitrogen and oxygen atoms in total. The second-order valence-corrected chi connectivity index (χ2v) is 2.83. The Morgan fingerprint density at radius 2 is 1.93 bits per heavy atom. The van der Waals surface area contributed by atoms with E-state index in [9.17, 15) is 4.79 Å². The van der Waals surface area contributed by atoms with E-state index in [2.05, 4.69) is 4.84 Å². The number of benzene rings is 1. The topological polar surface area (TPSA) is 78.8 Å². The Bertz CT molecular complexity index is 304. The molecule has 0 heterocycles. The molecule has 0 aliphatic carbocycles. The van der Waals surface area contributed by atoms with Gasteiger partial charge in [-0.3, -0.25) is 4.79 Å². The molecule has 14 heavy (non-hydrogen) atoms. The first-order valence-corrected chi connectivity index (χ1v) is 3.97. The van der Waals surface area contributed by atoms with Gasteiger partial charge in [-0.25, -0.2) is 10.3 Å². The molecule has 0 atom stereocenters. The van der Waals surface area contributed by atoms with Crippen molar-refractivity contribution in [1.82, 2.24) is 5.48 Å². The summed E-state index contributed by atoms with van der Waals surface area (Å²) < 4.78 is 0. The molecule has 0 saturated heterocycles. The van der Waals surface area contributed by atoms with Gasteiger partial charge >= 0.3 is 0 Å². The lowest BCUT2D eigenvalue weighted by molar-refractivity contribution is -0.342. The number of carbonyl (C=O) groups is 1. The van der Waals surface area contributed by atoms with E-state index in [4.69, 9.17) is 10.2 Å². The minimum absolute atomic E-state index is 0.372. The van der Waals surface area contributed by atoms with Crippen molar-refractivity contribution in [2.24, 2.45) is 0 Å². The van der Waals surface area contributed by atoms with Crippen LogP contribution in [0.1, 0.15) is 17.3 Å². The van der Waals surface area contributed by atoms with Gasteiger partial charge in [-0.2, -0.15) is 0 Å². The monoisotopic (exact) mass is 197 g/mol. The van der Waals surface area contributed by atoms with Crippen molar-refractivity contribution in [3.05, 3.63) is 35.9 Å². The number of carbonyl (C=O) groups excluding carboxylic acids is 1. The number of hydrogen-bond acceptors (Lipinski definition) is 4. The molecule has 0 aromatic heterocycles. The highest BCUT2D eigenvalue weighted by Gasteiger charge is 2.17. The number of hydrogen-bond donors (Lipinski definition) is 3. The van der Waals surface area contributed by atoms with Crippen molar-refractivity contribution in [3.63, 3.8) is 0 Å². The molecule has 0 bridgehead atoms. The standard InChI is InChI=1S/C9H11NO4/c1-9(12,13)14-10-8(11)7-5-3-2-4-6-7/h2-6,12-13H,1H3,(H,10,11). The predicted octanol–water partition coefficient (Wildman–Crippen LogP) is 0.00630. The summed E-state index contributed by atoms with van der Waals surface area (Å²) >= 11 is 0. The highest BCUT2D eigenvalue weighted by molar-refractivity contribution is 5.93. The second-order valence-electron chi connectivity index (χ2n) is 2.83. The first-order chi connectivity index (χ1) is 6.49. The maximum absolute atomic E-state index is 11.2. The highest BCUT2D eigenvalue weighted by Crippen LogP contribution is 2.00. The van der Waals surface area contributed by atoms with Crippen molar-refractivity contribution >= 4 is 5.91 Å². The molecule has 76 valence electrons. The van der Waals surface area contributed by atoms with Gasteiger partial charge in [0, 0.05) is 12.5 Å². The minimum Gasteiger partial charge on any atom is -0.342 e. The van der Waals surface area contributed by atoms with E-state index in [-0.39, 0.29) is 0 Å². The first kappa shape index (κ1) is 10.6. The van der Waals surface area contributed by atoms with Gasteiger partial charge in [0.25, 0.3) is 11.9 Å². The lowest BCUT2D eigenvalue weighted by Crippen LogP contribution is -2.37. The van der Waals surface area contributed by atoms with Crippen LogP contribution in [0.25, 0.3) is 0 Å². The number of nitrogens with one attached hydrogen (secondary N) is 1. The van der Waals surface area contributed by atoms with Crippen LogP contribution < -0.4 is 5.48 Å². The zero-order valence-electron chi connectivity index (χ0n) is 7.60. The third-order valence-electron chi connectivity index (χ3n) is 1.37. The zero-order valence-corrected chi connectivity index (χ0v) is 7.60. The van der Waals surface area contributed by atoms with Crippen LogP contribution in [0.5, 0.6) is 0 Å². The van der Waals surface area contributed by atoms with Gasteiger partial charge < -0.3 is 10.2 Å². The molecule has 1 aromatic rings. The van der Waals surface area contributed by atoms with Crippen LogP contribution in [-0.4, -0.2) is 22.1 Å². The summed E-state index contributed by atoms with van der Waals surface area (Å²) in [7, 11) is 0. The van der Waals surface area contributed by atoms with E-state index < -0.39 is 11.9 Å². The SMILES string of the molecule is CC(O)(O)ONC(=O)c1ccccc1. The summed E-state index contributed by atoms with van der Waals surface area (Å²) in [6.45, 7) is 0.984. The maximum Gasteiger partial charge on any atom is 0.297 e. The van der Waals surface area contributed by atoms with E-state index >= 15 is 0 Å². The number of rotatable bonds is 3.